The van der Waals surface area contributed by atoms with Crippen LogP contribution in [0, 0.1) is 22.7 Å². The molecule has 27 heavy (non-hydrogen) atoms. The first-order chi connectivity index (χ1) is 13.0. The van der Waals surface area contributed by atoms with Crippen LogP contribution in [0.1, 0.15) is 16.7 Å². The molecule has 1 aliphatic heterocycles. The van der Waals surface area contributed by atoms with Crippen molar-refractivity contribution in [1.29, 1.82) is 10.5 Å². The first kappa shape index (κ1) is 18.1. The molecule has 8 heteroatoms. The Labute approximate surface area is 158 Å². The molecule has 0 radical (unpaired) electrons. The second kappa shape index (κ2) is 7.65. The van der Waals surface area contributed by atoms with Crippen LogP contribution in [0.2, 0.25) is 0 Å². The molecule has 1 saturated heterocycles. The van der Waals surface area contributed by atoms with Gasteiger partial charge < -0.3 is 9.47 Å². The molecule has 3 rings (SSSR count). The van der Waals surface area contributed by atoms with Crippen molar-refractivity contribution in [2.45, 2.75) is 0 Å². The highest BCUT2D eigenvalue weighted by Gasteiger charge is 2.25. The minimum Gasteiger partial charge on any atom is -0.493 e. The van der Waals surface area contributed by atoms with Crippen molar-refractivity contribution < 1.29 is 19.1 Å². The number of ether oxygens (including phenoxy) is 2. The Morgan fingerprint density at radius 2 is 1.81 bits per heavy atom. The van der Waals surface area contributed by atoms with Crippen molar-refractivity contribution in [3.8, 4) is 29.4 Å². The highest BCUT2D eigenvalue weighted by Crippen LogP contribution is 2.34. The van der Waals surface area contributed by atoms with Gasteiger partial charge >= 0.3 is 0 Å². The fraction of sp³-hybridized carbons (Fsp3) is 0.0526. The van der Waals surface area contributed by atoms with Crippen molar-refractivity contribution >= 4 is 29.0 Å². The Kier molecular flexibility index (Phi) is 5.11. The van der Waals surface area contributed by atoms with E-state index in [2.05, 4.69) is 5.32 Å². The SMILES string of the molecule is COc1cc(/C=C2\SC(=O)NC2=O)ccc1Oc1ccc(C#N)c(C#N)c1. The predicted molar refractivity (Wildman–Crippen MR) is 98.0 cm³/mol. The van der Waals surface area contributed by atoms with Crippen LogP contribution < -0.4 is 14.8 Å². The number of carbonyl (C=O) groups is 2. The van der Waals surface area contributed by atoms with E-state index < -0.39 is 11.1 Å². The molecular weight excluding hydrogens is 366 g/mol. The number of nitriles is 2. The average molecular weight is 377 g/mol. The molecule has 0 saturated carbocycles. The predicted octanol–water partition coefficient (Wildman–Crippen LogP) is 3.55. The Bertz CT molecular complexity index is 1060. The number of methoxy groups -OCH3 is 1. The molecule has 0 aromatic heterocycles. The van der Waals surface area contributed by atoms with Gasteiger partial charge in [-0.25, -0.2) is 0 Å². The number of hydrogen-bond donors (Lipinski definition) is 1. The highest BCUT2D eigenvalue weighted by molar-refractivity contribution is 8.18. The number of nitrogens with zero attached hydrogens (tertiary/aromatic N) is 2. The molecule has 0 bridgehead atoms. The summed E-state index contributed by atoms with van der Waals surface area (Å²) in [6.07, 6.45) is 1.58. The molecule has 0 spiro atoms. The molecule has 2 amide bonds. The lowest BCUT2D eigenvalue weighted by Gasteiger charge is -2.11. The molecular formula is C19H11N3O4S. The van der Waals surface area contributed by atoms with Gasteiger partial charge in [-0.2, -0.15) is 10.5 Å². The van der Waals surface area contributed by atoms with E-state index in [1.165, 1.54) is 19.2 Å². The van der Waals surface area contributed by atoms with E-state index >= 15 is 0 Å². The van der Waals surface area contributed by atoms with Crippen molar-refractivity contribution in [1.82, 2.24) is 5.32 Å². The fourth-order valence-electron chi connectivity index (χ4n) is 2.33. The molecule has 0 aliphatic carbocycles. The molecule has 132 valence electrons. The van der Waals surface area contributed by atoms with Crippen LogP contribution in [0.3, 0.4) is 0 Å². The second-order valence-corrected chi connectivity index (χ2v) is 6.31. The number of hydrogen-bond acceptors (Lipinski definition) is 7. The molecule has 2 aromatic rings. The van der Waals surface area contributed by atoms with Crippen molar-refractivity contribution in [2.75, 3.05) is 7.11 Å². The Morgan fingerprint density at radius 3 is 2.44 bits per heavy atom. The monoisotopic (exact) mass is 377 g/mol. The third kappa shape index (κ3) is 3.92. The van der Waals surface area contributed by atoms with Gasteiger partial charge in [0, 0.05) is 0 Å². The molecule has 1 fully saturated rings. The number of nitrogens with one attached hydrogen (secondary N) is 1. The lowest BCUT2D eigenvalue weighted by molar-refractivity contribution is -0.115. The quantitative estimate of drug-likeness (QED) is 0.811. The topological polar surface area (TPSA) is 112 Å². The standard InChI is InChI=1S/C19H11N3O4S/c1-25-16-6-11(7-17-18(23)22-19(24)27-17)2-5-15(16)26-14-4-3-12(9-20)13(8-14)10-21/h2-8H,1H3,(H,22,23,24)/b17-7-. The second-order valence-electron chi connectivity index (χ2n) is 5.30. The van der Waals surface area contributed by atoms with Crippen LogP contribution >= 0.6 is 11.8 Å². The molecule has 0 unspecified atom stereocenters. The summed E-state index contributed by atoms with van der Waals surface area (Å²) in [5.41, 5.74) is 1.13. The minimum atomic E-state index is -0.439. The molecule has 1 aliphatic rings. The maximum absolute atomic E-state index is 11.6. The zero-order chi connectivity index (χ0) is 19.4. The first-order valence-corrected chi connectivity index (χ1v) is 8.40. The molecule has 1 N–H and O–H groups in total. The Morgan fingerprint density at radius 1 is 1.04 bits per heavy atom. The van der Waals surface area contributed by atoms with E-state index in [-0.39, 0.29) is 11.1 Å². The minimum absolute atomic E-state index is 0.212. The summed E-state index contributed by atoms with van der Waals surface area (Å²) in [5.74, 6) is 0.743. The smallest absolute Gasteiger partial charge is 0.290 e. The number of rotatable bonds is 4. The maximum atomic E-state index is 11.6. The Hall–Kier alpha value is -3.75. The third-order valence-corrected chi connectivity index (χ3v) is 4.40. The van der Waals surface area contributed by atoms with Crippen molar-refractivity contribution in [2.24, 2.45) is 0 Å². The summed E-state index contributed by atoms with van der Waals surface area (Å²) in [4.78, 5) is 23.2. The summed E-state index contributed by atoms with van der Waals surface area (Å²) >= 11 is 0.829. The summed E-state index contributed by atoms with van der Waals surface area (Å²) < 4.78 is 11.1. The third-order valence-electron chi connectivity index (χ3n) is 3.59. The summed E-state index contributed by atoms with van der Waals surface area (Å²) in [7, 11) is 1.47. The zero-order valence-corrected chi connectivity index (χ0v) is 14.8. The molecule has 7 nitrogen and oxygen atoms in total. The van der Waals surface area contributed by atoms with Crippen LogP contribution in [0.4, 0.5) is 4.79 Å². The molecule has 0 atom stereocenters. The lowest BCUT2D eigenvalue weighted by Crippen LogP contribution is -2.17. The van der Waals surface area contributed by atoms with E-state index in [4.69, 9.17) is 20.0 Å². The van der Waals surface area contributed by atoms with Gasteiger partial charge in [-0.05, 0) is 53.7 Å². The fourth-order valence-corrected chi connectivity index (χ4v) is 3.02. The number of imide groups is 1. The van der Waals surface area contributed by atoms with Gasteiger partial charge in [0.2, 0.25) is 0 Å². The lowest BCUT2D eigenvalue weighted by atomic mass is 10.1. The van der Waals surface area contributed by atoms with Crippen LogP contribution in [-0.4, -0.2) is 18.3 Å². The van der Waals surface area contributed by atoms with E-state index in [1.54, 1.807) is 30.3 Å². The van der Waals surface area contributed by atoms with Gasteiger partial charge in [0.25, 0.3) is 11.1 Å². The highest BCUT2D eigenvalue weighted by atomic mass is 32.2. The zero-order valence-electron chi connectivity index (χ0n) is 14.0. The van der Waals surface area contributed by atoms with Gasteiger partial charge in [0.1, 0.15) is 17.9 Å². The summed E-state index contributed by atoms with van der Waals surface area (Å²) in [5, 5.41) is 19.9. The average Bonchev–Trinajstić information content (AvgIpc) is 2.99. The Balaban J connectivity index is 1.89. The van der Waals surface area contributed by atoms with Crippen molar-refractivity contribution in [3.05, 3.63) is 58.0 Å². The van der Waals surface area contributed by atoms with Crippen LogP contribution in [0.15, 0.2) is 41.3 Å². The van der Waals surface area contributed by atoms with Gasteiger partial charge in [-0.1, -0.05) is 6.07 Å². The molecule has 2 aromatic carbocycles. The van der Waals surface area contributed by atoms with E-state index in [9.17, 15) is 9.59 Å². The van der Waals surface area contributed by atoms with Crippen molar-refractivity contribution in [3.63, 3.8) is 0 Å². The van der Waals surface area contributed by atoms with Gasteiger partial charge in [-0.15, -0.1) is 0 Å². The van der Waals surface area contributed by atoms with E-state index in [0.717, 1.165) is 11.8 Å². The van der Waals surface area contributed by atoms with Crippen LogP contribution in [0.5, 0.6) is 17.2 Å². The number of benzene rings is 2. The van der Waals surface area contributed by atoms with Crippen LogP contribution in [0.25, 0.3) is 6.08 Å². The van der Waals surface area contributed by atoms with Gasteiger partial charge in [0.15, 0.2) is 11.5 Å². The van der Waals surface area contributed by atoms with Gasteiger partial charge in [0.05, 0.1) is 23.1 Å². The number of thioether (sulfide) groups is 1. The number of amides is 2. The number of carbonyl (C=O) groups excluding carboxylic acids is 2. The summed E-state index contributed by atoms with van der Waals surface area (Å²) in [6, 6.07) is 13.5. The molecule has 1 heterocycles. The van der Waals surface area contributed by atoms with Crippen LogP contribution in [-0.2, 0) is 4.79 Å². The van der Waals surface area contributed by atoms with Gasteiger partial charge in [-0.3, -0.25) is 14.9 Å². The largest absolute Gasteiger partial charge is 0.493 e. The summed E-state index contributed by atoms with van der Waals surface area (Å²) in [6.45, 7) is 0. The maximum Gasteiger partial charge on any atom is 0.290 e. The van der Waals surface area contributed by atoms with E-state index in [0.29, 0.717) is 27.7 Å². The first-order valence-electron chi connectivity index (χ1n) is 7.59. The normalized spacial score (nSPS) is 14.4. The van der Waals surface area contributed by atoms with E-state index in [1.807, 2.05) is 12.1 Å².